The van der Waals surface area contributed by atoms with Gasteiger partial charge in [0.2, 0.25) is 0 Å². The maximum absolute atomic E-state index is 4.51. The average Bonchev–Trinajstić information content (AvgIpc) is 2.59. The second-order valence-corrected chi connectivity index (χ2v) is 4.69. The number of hydrogen-bond donors (Lipinski definition) is 0. The van der Waals surface area contributed by atoms with E-state index in [-0.39, 0.29) is 0 Å². The summed E-state index contributed by atoms with van der Waals surface area (Å²) in [7, 11) is 2.18. The van der Waals surface area contributed by atoms with E-state index in [0.717, 1.165) is 0 Å². The van der Waals surface area contributed by atoms with Gasteiger partial charge in [-0.25, -0.2) is 0 Å². The minimum atomic E-state index is 0.435. The van der Waals surface area contributed by atoms with Gasteiger partial charge in [-0.2, -0.15) is 0 Å². The standard InChI is InChI=1S/C14H16N2/c1-9-10(2)15-8-12-11-6-4-5-7-13(11)16(3)14(9)12/h4-8,12,14H,1-3H3. The summed E-state index contributed by atoms with van der Waals surface area (Å²) in [5.41, 5.74) is 5.32. The molecule has 0 aliphatic carbocycles. The van der Waals surface area contributed by atoms with Crippen LogP contribution in [-0.4, -0.2) is 19.3 Å². The van der Waals surface area contributed by atoms with E-state index >= 15 is 0 Å². The molecule has 0 saturated carbocycles. The van der Waals surface area contributed by atoms with Crippen molar-refractivity contribution < 1.29 is 0 Å². The summed E-state index contributed by atoms with van der Waals surface area (Å²) in [5.74, 6) is 0.435. The van der Waals surface area contributed by atoms with E-state index in [1.807, 2.05) is 0 Å². The summed E-state index contributed by atoms with van der Waals surface area (Å²) in [4.78, 5) is 6.89. The van der Waals surface area contributed by atoms with Gasteiger partial charge in [-0.1, -0.05) is 18.2 Å². The molecule has 0 amide bonds. The second kappa shape index (κ2) is 3.21. The minimum Gasteiger partial charge on any atom is -0.367 e. The molecule has 2 atom stereocenters. The smallest absolute Gasteiger partial charge is 0.0636 e. The first-order valence-electron chi connectivity index (χ1n) is 5.73. The lowest BCUT2D eigenvalue weighted by atomic mass is 9.89. The molecule has 0 radical (unpaired) electrons. The molecule has 3 rings (SSSR count). The van der Waals surface area contributed by atoms with Crippen LogP contribution in [0.1, 0.15) is 25.3 Å². The number of rotatable bonds is 0. The van der Waals surface area contributed by atoms with Crippen LogP contribution in [-0.2, 0) is 0 Å². The Morgan fingerprint density at radius 3 is 2.75 bits per heavy atom. The van der Waals surface area contributed by atoms with Crippen LogP contribution in [0.4, 0.5) is 5.69 Å². The Kier molecular flexibility index (Phi) is 1.93. The van der Waals surface area contributed by atoms with Crippen LogP contribution in [0.5, 0.6) is 0 Å². The van der Waals surface area contributed by atoms with Crippen LogP contribution in [0.15, 0.2) is 40.5 Å². The van der Waals surface area contributed by atoms with Gasteiger partial charge in [-0.15, -0.1) is 0 Å². The highest BCUT2D eigenvalue weighted by atomic mass is 15.2. The topological polar surface area (TPSA) is 15.6 Å². The van der Waals surface area contributed by atoms with Crippen molar-refractivity contribution in [2.24, 2.45) is 4.99 Å². The lowest BCUT2D eigenvalue weighted by molar-refractivity contribution is 0.702. The summed E-state index contributed by atoms with van der Waals surface area (Å²) in [5, 5.41) is 0. The van der Waals surface area contributed by atoms with E-state index in [1.165, 1.54) is 22.5 Å². The molecular weight excluding hydrogens is 196 g/mol. The van der Waals surface area contributed by atoms with Gasteiger partial charge in [0.1, 0.15) is 0 Å². The zero-order valence-electron chi connectivity index (χ0n) is 9.94. The van der Waals surface area contributed by atoms with Gasteiger partial charge in [0.15, 0.2) is 0 Å². The lowest BCUT2D eigenvalue weighted by Gasteiger charge is -2.29. The van der Waals surface area contributed by atoms with Gasteiger partial charge in [0.25, 0.3) is 0 Å². The molecule has 2 nitrogen and oxygen atoms in total. The summed E-state index contributed by atoms with van der Waals surface area (Å²) < 4.78 is 0. The van der Waals surface area contributed by atoms with Crippen molar-refractivity contribution in [2.45, 2.75) is 25.8 Å². The molecule has 2 heterocycles. The monoisotopic (exact) mass is 212 g/mol. The molecule has 2 unspecified atom stereocenters. The average molecular weight is 212 g/mol. The zero-order valence-corrected chi connectivity index (χ0v) is 9.94. The SMILES string of the molecule is CC1=C(C)C2C(C=N1)c1ccccc1N2C. The molecule has 0 spiro atoms. The molecule has 0 aromatic heterocycles. The number of aliphatic imine (C=N–C) groups is 1. The molecule has 0 N–H and O–H groups in total. The van der Waals surface area contributed by atoms with Crippen molar-refractivity contribution in [3.8, 4) is 0 Å². The van der Waals surface area contributed by atoms with Crippen molar-refractivity contribution in [1.29, 1.82) is 0 Å². The highest BCUT2D eigenvalue weighted by molar-refractivity contribution is 5.82. The first kappa shape index (κ1) is 9.64. The van der Waals surface area contributed by atoms with Crippen molar-refractivity contribution in [3.05, 3.63) is 41.1 Å². The molecule has 0 bridgehead atoms. The maximum Gasteiger partial charge on any atom is 0.0636 e. The molecule has 2 aliphatic heterocycles. The number of anilines is 1. The third-order valence-corrected chi connectivity index (χ3v) is 3.88. The van der Waals surface area contributed by atoms with E-state index in [1.54, 1.807) is 0 Å². The fourth-order valence-electron chi connectivity index (χ4n) is 2.88. The van der Waals surface area contributed by atoms with E-state index in [0.29, 0.717) is 12.0 Å². The summed E-state index contributed by atoms with van der Waals surface area (Å²) in [6.07, 6.45) is 2.11. The van der Waals surface area contributed by atoms with Gasteiger partial charge in [0, 0.05) is 30.6 Å². The number of hydrogen-bond acceptors (Lipinski definition) is 2. The quantitative estimate of drug-likeness (QED) is 0.645. The number of allylic oxidation sites excluding steroid dienone is 1. The molecule has 1 aromatic carbocycles. The van der Waals surface area contributed by atoms with E-state index in [4.69, 9.17) is 0 Å². The largest absolute Gasteiger partial charge is 0.367 e. The molecule has 2 aliphatic rings. The normalized spacial score (nSPS) is 27.1. The molecule has 1 aromatic rings. The molecule has 0 saturated heterocycles. The van der Waals surface area contributed by atoms with E-state index < -0.39 is 0 Å². The molecular formula is C14H16N2. The summed E-state index contributed by atoms with van der Waals surface area (Å²) in [6.45, 7) is 4.30. The summed E-state index contributed by atoms with van der Waals surface area (Å²) >= 11 is 0. The van der Waals surface area contributed by atoms with Crippen LogP contribution in [0, 0.1) is 0 Å². The van der Waals surface area contributed by atoms with Crippen molar-refractivity contribution in [3.63, 3.8) is 0 Å². The third-order valence-electron chi connectivity index (χ3n) is 3.88. The molecule has 0 fully saturated rings. The predicted molar refractivity (Wildman–Crippen MR) is 68.2 cm³/mol. The first-order chi connectivity index (χ1) is 7.70. The van der Waals surface area contributed by atoms with Gasteiger partial charge >= 0.3 is 0 Å². The highest BCUT2D eigenvalue weighted by Gasteiger charge is 2.38. The summed E-state index contributed by atoms with van der Waals surface area (Å²) in [6, 6.07) is 9.11. The van der Waals surface area contributed by atoms with Gasteiger partial charge in [0.05, 0.1) is 6.04 Å². The highest BCUT2D eigenvalue weighted by Crippen LogP contribution is 2.43. The maximum atomic E-state index is 4.51. The zero-order chi connectivity index (χ0) is 11.3. The number of para-hydroxylation sites is 1. The minimum absolute atomic E-state index is 0.435. The van der Waals surface area contributed by atoms with Crippen molar-refractivity contribution in [1.82, 2.24) is 0 Å². The Balaban J connectivity index is 2.17. The Labute approximate surface area is 96.3 Å². The van der Waals surface area contributed by atoms with E-state index in [9.17, 15) is 0 Å². The lowest BCUT2D eigenvalue weighted by Crippen LogP contribution is -2.34. The Hall–Kier alpha value is -1.57. The number of fused-ring (bicyclic) bond motifs is 3. The van der Waals surface area contributed by atoms with Crippen molar-refractivity contribution in [2.75, 3.05) is 11.9 Å². The van der Waals surface area contributed by atoms with Crippen molar-refractivity contribution >= 4 is 11.9 Å². The third kappa shape index (κ3) is 1.10. The van der Waals surface area contributed by atoms with Crippen LogP contribution >= 0.6 is 0 Å². The number of likely N-dealkylation sites (N-methyl/N-ethyl adjacent to an activating group) is 1. The van der Waals surface area contributed by atoms with Crippen LogP contribution in [0.2, 0.25) is 0 Å². The predicted octanol–water partition coefficient (Wildman–Crippen LogP) is 2.97. The van der Waals surface area contributed by atoms with Crippen LogP contribution in [0.25, 0.3) is 0 Å². The van der Waals surface area contributed by atoms with E-state index in [2.05, 4.69) is 61.3 Å². The van der Waals surface area contributed by atoms with Crippen LogP contribution < -0.4 is 4.90 Å². The fraction of sp³-hybridized carbons (Fsp3) is 0.357. The molecule has 16 heavy (non-hydrogen) atoms. The number of benzene rings is 1. The Morgan fingerprint density at radius 2 is 1.94 bits per heavy atom. The Bertz CT molecular complexity index is 499. The Morgan fingerprint density at radius 1 is 1.19 bits per heavy atom. The second-order valence-electron chi connectivity index (χ2n) is 4.69. The molecule has 2 heteroatoms. The van der Waals surface area contributed by atoms with Gasteiger partial charge in [-0.3, -0.25) is 4.99 Å². The fourth-order valence-corrected chi connectivity index (χ4v) is 2.88. The van der Waals surface area contributed by atoms with Gasteiger partial charge in [-0.05, 0) is 31.1 Å². The van der Waals surface area contributed by atoms with Crippen LogP contribution in [0.3, 0.4) is 0 Å². The van der Waals surface area contributed by atoms with Gasteiger partial charge < -0.3 is 4.90 Å². The molecule has 82 valence electrons. The number of nitrogens with zero attached hydrogens (tertiary/aromatic N) is 2. The first-order valence-corrected chi connectivity index (χ1v) is 5.73.